The maximum atomic E-state index is 5.87. The standard InChI is InChI=1S/C10H22O4Si.Na.H/c1-4-11-10-8-7-9-15(14-10,12-5-2)13-6-3;;/h10H,4-9H2,1-3H3;;. The van der Waals surface area contributed by atoms with E-state index in [1.54, 1.807) is 0 Å². The van der Waals surface area contributed by atoms with Gasteiger partial charge in [-0.25, -0.2) is 0 Å². The fourth-order valence-electron chi connectivity index (χ4n) is 1.80. The van der Waals surface area contributed by atoms with E-state index < -0.39 is 8.80 Å². The minimum atomic E-state index is -2.41. The van der Waals surface area contributed by atoms with Crippen molar-refractivity contribution < 1.29 is 18.0 Å². The third kappa shape index (κ3) is 5.14. The van der Waals surface area contributed by atoms with E-state index in [4.69, 9.17) is 18.0 Å². The molecule has 6 heteroatoms. The molecule has 0 spiro atoms. The average molecular weight is 258 g/mol. The summed E-state index contributed by atoms with van der Waals surface area (Å²) in [5.41, 5.74) is 0. The van der Waals surface area contributed by atoms with Crippen LogP contribution in [-0.4, -0.2) is 64.5 Å². The summed E-state index contributed by atoms with van der Waals surface area (Å²) in [6, 6.07) is 0.915. The molecule has 1 rings (SSSR count). The molecule has 0 aliphatic carbocycles. The Hall–Kier alpha value is 1.06. The molecule has 1 fully saturated rings. The number of ether oxygens (including phenoxy) is 1. The van der Waals surface area contributed by atoms with Crippen LogP contribution < -0.4 is 0 Å². The molecule has 0 radical (unpaired) electrons. The molecule has 1 saturated heterocycles. The SMILES string of the molecule is CCOC1CCC[Si](OCC)(OCC)O1.[NaH]. The van der Waals surface area contributed by atoms with Gasteiger partial charge in [-0.2, -0.15) is 0 Å². The second kappa shape index (κ2) is 9.05. The van der Waals surface area contributed by atoms with E-state index in [0.29, 0.717) is 19.8 Å². The third-order valence-electron chi connectivity index (χ3n) is 2.31. The van der Waals surface area contributed by atoms with E-state index >= 15 is 0 Å². The van der Waals surface area contributed by atoms with Crippen molar-refractivity contribution in [3.05, 3.63) is 0 Å². The van der Waals surface area contributed by atoms with Crippen molar-refractivity contribution in [3.8, 4) is 0 Å². The second-order valence-corrected chi connectivity index (χ2v) is 6.12. The molecule has 0 aromatic heterocycles. The first-order chi connectivity index (χ1) is 7.26. The van der Waals surface area contributed by atoms with Crippen molar-refractivity contribution in [1.82, 2.24) is 0 Å². The second-order valence-electron chi connectivity index (χ2n) is 3.44. The third-order valence-corrected chi connectivity index (χ3v) is 5.36. The van der Waals surface area contributed by atoms with Gasteiger partial charge in [-0.1, -0.05) is 0 Å². The summed E-state index contributed by atoms with van der Waals surface area (Å²) >= 11 is 0. The monoisotopic (exact) mass is 258 g/mol. The first kappa shape index (κ1) is 17.1. The van der Waals surface area contributed by atoms with Crippen LogP contribution in [-0.2, 0) is 18.0 Å². The summed E-state index contributed by atoms with van der Waals surface area (Å²) in [6.07, 6.45) is 1.88. The van der Waals surface area contributed by atoms with Crippen LogP contribution in [0.25, 0.3) is 0 Å². The van der Waals surface area contributed by atoms with Crippen molar-refractivity contribution in [2.45, 2.75) is 45.9 Å². The quantitative estimate of drug-likeness (QED) is 0.677. The van der Waals surface area contributed by atoms with Crippen LogP contribution in [0.1, 0.15) is 33.6 Å². The van der Waals surface area contributed by atoms with E-state index in [-0.39, 0.29) is 35.8 Å². The van der Waals surface area contributed by atoms with Gasteiger partial charge in [0.25, 0.3) is 0 Å². The van der Waals surface area contributed by atoms with Gasteiger partial charge in [-0.15, -0.1) is 0 Å². The first-order valence-electron chi connectivity index (χ1n) is 5.83. The van der Waals surface area contributed by atoms with Crippen LogP contribution in [0.3, 0.4) is 0 Å². The molecule has 0 saturated carbocycles. The predicted octanol–water partition coefficient (Wildman–Crippen LogP) is 1.52. The first-order valence-corrected chi connectivity index (χ1v) is 7.76. The Balaban J connectivity index is 0.00000225. The molecule has 92 valence electrons. The molecule has 0 aromatic carbocycles. The van der Waals surface area contributed by atoms with Gasteiger partial charge in [-0.3, -0.25) is 0 Å². The molecule has 0 N–H and O–H groups in total. The van der Waals surface area contributed by atoms with E-state index in [1.807, 2.05) is 20.8 Å². The Morgan fingerprint density at radius 1 is 1.12 bits per heavy atom. The summed E-state index contributed by atoms with van der Waals surface area (Å²) in [4.78, 5) is 0. The Bertz CT molecular complexity index is 169. The molecule has 0 aromatic rings. The molecule has 0 amide bonds. The fraction of sp³-hybridized carbons (Fsp3) is 1.00. The molecular weight excluding hydrogens is 235 g/mol. The Labute approximate surface area is 122 Å². The van der Waals surface area contributed by atoms with Gasteiger partial charge in [0.05, 0.1) is 0 Å². The summed E-state index contributed by atoms with van der Waals surface area (Å²) in [5, 5.41) is 0. The molecule has 1 aliphatic rings. The zero-order valence-corrected chi connectivity index (χ0v) is 11.0. The minimum absolute atomic E-state index is 0. The fourth-order valence-corrected chi connectivity index (χ4v) is 4.53. The van der Waals surface area contributed by atoms with Gasteiger partial charge in [0.2, 0.25) is 0 Å². The normalized spacial score (nSPS) is 23.8. The summed E-state index contributed by atoms with van der Waals surface area (Å²) in [7, 11) is -2.41. The summed E-state index contributed by atoms with van der Waals surface area (Å²) < 4.78 is 22.8. The van der Waals surface area contributed by atoms with E-state index in [9.17, 15) is 0 Å². The van der Waals surface area contributed by atoms with Crippen molar-refractivity contribution in [2.24, 2.45) is 0 Å². The van der Waals surface area contributed by atoms with Gasteiger partial charge < -0.3 is 18.0 Å². The van der Waals surface area contributed by atoms with Gasteiger partial charge in [0, 0.05) is 25.9 Å². The number of hydrogen-bond donors (Lipinski definition) is 0. The molecule has 1 unspecified atom stereocenters. The topological polar surface area (TPSA) is 36.9 Å². The zero-order chi connectivity index (χ0) is 11.1. The molecular formula is C10H23NaO4Si. The van der Waals surface area contributed by atoms with Gasteiger partial charge >= 0.3 is 38.4 Å². The van der Waals surface area contributed by atoms with E-state index in [0.717, 1.165) is 18.9 Å². The Morgan fingerprint density at radius 3 is 2.25 bits per heavy atom. The van der Waals surface area contributed by atoms with Crippen LogP contribution in [0.15, 0.2) is 0 Å². The summed E-state index contributed by atoms with van der Waals surface area (Å²) in [6.45, 7) is 7.88. The van der Waals surface area contributed by atoms with Crippen LogP contribution in [0.5, 0.6) is 0 Å². The Morgan fingerprint density at radius 2 is 1.75 bits per heavy atom. The summed E-state index contributed by atoms with van der Waals surface area (Å²) in [5.74, 6) is 0. The molecule has 1 aliphatic heterocycles. The van der Waals surface area contributed by atoms with E-state index in [1.165, 1.54) is 0 Å². The van der Waals surface area contributed by atoms with Crippen molar-refractivity contribution in [2.75, 3.05) is 19.8 Å². The average Bonchev–Trinajstić information content (AvgIpc) is 2.19. The number of hydrogen-bond acceptors (Lipinski definition) is 4. The zero-order valence-electron chi connectivity index (χ0n) is 9.95. The van der Waals surface area contributed by atoms with Gasteiger partial charge in [0.1, 0.15) is 0 Å². The molecule has 16 heavy (non-hydrogen) atoms. The Kier molecular flexibility index (Phi) is 9.65. The van der Waals surface area contributed by atoms with Crippen LogP contribution in [0, 0.1) is 0 Å². The predicted molar refractivity (Wildman–Crippen MR) is 66.7 cm³/mol. The molecule has 1 atom stereocenters. The van der Waals surface area contributed by atoms with Crippen molar-refractivity contribution in [3.63, 3.8) is 0 Å². The van der Waals surface area contributed by atoms with Gasteiger partial charge in [-0.05, 0) is 33.6 Å². The van der Waals surface area contributed by atoms with Gasteiger partial charge in [0.15, 0.2) is 6.29 Å². The van der Waals surface area contributed by atoms with E-state index in [2.05, 4.69) is 0 Å². The molecule has 1 heterocycles. The molecule has 0 bridgehead atoms. The maximum absolute atomic E-state index is 5.87. The van der Waals surface area contributed by atoms with Crippen LogP contribution >= 0.6 is 0 Å². The van der Waals surface area contributed by atoms with Crippen molar-refractivity contribution in [1.29, 1.82) is 0 Å². The van der Waals surface area contributed by atoms with Crippen LogP contribution in [0.2, 0.25) is 6.04 Å². The number of rotatable bonds is 6. The van der Waals surface area contributed by atoms with Crippen molar-refractivity contribution >= 4 is 38.4 Å². The molecule has 4 nitrogen and oxygen atoms in total. The van der Waals surface area contributed by atoms with Crippen LogP contribution in [0.4, 0.5) is 0 Å².